The number of aryl methyl sites for hydroxylation is 3. The molecule has 8 rings (SSSR count). The summed E-state index contributed by atoms with van der Waals surface area (Å²) in [5.74, 6) is 2.80. The molecule has 0 aliphatic heterocycles. The summed E-state index contributed by atoms with van der Waals surface area (Å²) in [5.41, 5.74) is 7.56. The molecule has 7 heteroatoms. The molecule has 0 spiro atoms. The summed E-state index contributed by atoms with van der Waals surface area (Å²) in [6, 6.07) is 48.8. The molecule has 3 heterocycles. The third kappa shape index (κ3) is 6.42. The largest absolute Gasteiger partial charge is 0.496 e. The highest BCUT2D eigenvalue weighted by Crippen LogP contribution is 2.40. The Kier molecular flexibility index (Phi) is 9.48. The number of imidazole rings is 1. The number of H-pyrrole nitrogens is 1. The van der Waals surface area contributed by atoms with Crippen LogP contribution in [0.3, 0.4) is 0 Å². The second-order valence-corrected chi connectivity index (χ2v) is 13.2. The number of aromatic amines is 1. The summed E-state index contributed by atoms with van der Waals surface area (Å²) in [6.07, 6.45) is 10.4. The average Bonchev–Trinajstić information content (AvgIpc) is 3.95. The van der Waals surface area contributed by atoms with Crippen molar-refractivity contribution in [3.63, 3.8) is 0 Å². The monoisotopic (exact) mass is 682 g/mol. The summed E-state index contributed by atoms with van der Waals surface area (Å²) >= 11 is 0. The molecule has 5 aromatic carbocycles. The van der Waals surface area contributed by atoms with Crippen molar-refractivity contribution < 1.29 is 4.74 Å². The minimum atomic E-state index is -0.583. The standard InChI is InChI=1S/C45H42N6O/c1-52-42-26-14-11-16-34(42)30-44-49-48-43(28-27-35-31-46-41-25-13-12-24-40(35)41)51(44)29-15-23-39-32-50(33-47-39)45(36-17-5-2-6-18-36,37-19-7-3-8-20-37)38-21-9-4-10-22-38/h2-14,16-22,24-26,31-33,46H,15,23,27-30H2,1H3. The number of methoxy groups -OCH3 is 1. The van der Waals surface area contributed by atoms with Gasteiger partial charge in [0.1, 0.15) is 22.9 Å². The molecule has 52 heavy (non-hydrogen) atoms. The molecule has 0 saturated heterocycles. The third-order valence-corrected chi connectivity index (χ3v) is 10.2. The first-order valence-corrected chi connectivity index (χ1v) is 18.0. The summed E-state index contributed by atoms with van der Waals surface area (Å²) in [5, 5.41) is 10.8. The van der Waals surface area contributed by atoms with Gasteiger partial charge in [-0.3, -0.25) is 0 Å². The number of hydrogen-bond acceptors (Lipinski definition) is 4. The summed E-state index contributed by atoms with van der Waals surface area (Å²) in [7, 11) is 1.72. The van der Waals surface area contributed by atoms with Crippen molar-refractivity contribution >= 4 is 10.9 Å². The summed E-state index contributed by atoms with van der Waals surface area (Å²) in [6.45, 7) is 0.786. The van der Waals surface area contributed by atoms with Gasteiger partial charge in [0.15, 0.2) is 0 Å². The Morgan fingerprint density at radius 2 is 1.25 bits per heavy atom. The van der Waals surface area contributed by atoms with Crippen molar-refractivity contribution in [2.24, 2.45) is 0 Å². The highest BCUT2D eigenvalue weighted by molar-refractivity contribution is 5.83. The van der Waals surface area contributed by atoms with Gasteiger partial charge in [-0.05, 0) is 53.6 Å². The second-order valence-electron chi connectivity index (χ2n) is 13.2. The summed E-state index contributed by atoms with van der Waals surface area (Å²) in [4.78, 5) is 8.43. The Labute approximate surface area is 304 Å². The van der Waals surface area contributed by atoms with Crippen LogP contribution in [0.2, 0.25) is 0 Å². The number of para-hydroxylation sites is 2. The molecule has 1 N–H and O–H groups in total. The van der Waals surface area contributed by atoms with Crippen LogP contribution in [-0.4, -0.2) is 36.4 Å². The molecule has 7 nitrogen and oxygen atoms in total. The van der Waals surface area contributed by atoms with Gasteiger partial charge < -0.3 is 18.9 Å². The van der Waals surface area contributed by atoms with Gasteiger partial charge in [0.2, 0.25) is 0 Å². The fourth-order valence-corrected chi connectivity index (χ4v) is 7.63. The van der Waals surface area contributed by atoms with Crippen molar-refractivity contribution in [1.82, 2.24) is 29.3 Å². The maximum Gasteiger partial charge on any atom is 0.137 e. The number of benzene rings is 5. The molecule has 0 aliphatic carbocycles. The maximum absolute atomic E-state index is 5.69. The van der Waals surface area contributed by atoms with Gasteiger partial charge in [0.05, 0.1) is 19.1 Å². The Hall–Kier alpha value is -6.21. The third-order valence-electron chi connectivity index (χ3n) is 10.2. The van der Waals surface area contributed by atoms with Gasteiger partial charge in [-0.1, -0.05) is 127 Å². The lowest BCUT2D eigenvalue weighted by Crippen LogP contribution is -2.36. The zero-order chi connectivity index (χ0) is 35.2. The molecule has 8 aromatic rings. The first kappa shape index (κ1) is 33.0. The van der Waals surface area contributed by atoms with Crippen LogP contribution in [-0.2, 0) is 37.8 Å². The Morgan fingerprint density at radius 1 is 0.635 bits per heavy atom. The number of aromatic nitrogens is 6. The van der Waals surface area contributed by atoms with Crippen LogP contribution in [0.1, 0.15) is 51.6 Å². The quantitative estimate of drug-likeness (QED) is 0.116. The van der Waals surface area contributed by atoms with Crippen molar-refractivity contribution in [1.29, 1.82) is 0 Å². The number of nitrogens with zero attached hydrogens (tertiary/aromatic N) is 5. The lowest BCUT2D eigenvalue weighted by Gasteiger charge is -2.37. The van der Waals surface area contributed by atoms with E-state index in [0.717, 1.165) is 66.4 Å². The predicted molar refractivity (Wildman–Crippen MR) is 207 cm³/mol. The van der Waals surface area contributed by atoms with E-state index < -0.39 is 5.54 Å². The molecule has 0 aliphatic rings. The molecule has 0 saturated carbocycles. The number of ether oxygens (including phenoxy) is 1. The molecular weight excluding hydrogens is 641 g/mol. The highest BCUT2D eigenvalue weighted by Gasteiger charge is 2.38. The van der Waals surface area contributed by atoms with Gasteiger partial charge in [0.25, 0.3) is 0 Å². The van der Waals surface area contributed by atoms with Crippen LogP contribution < -0.4 is 4.74 Å². The SMILES string of the molecule is COc1ccccc1Cc1nnc(CCc2c[nH]c3ccccc23)n1CCCc1cn(C(c2ccccc2)(c2ccccc2)c2ccccc2)cn1. The molecule has 0 fully saturated rings. The van der Waals surface area contributed by atoms with E-state index in [0.29, 0.717) is 6.42 Å². The zero-order valence-corrected chi connectivity index (χ0v) is 29.4. The van der Waals surface area contributed by atoms with Crippen LogP contribution in [0.5, 0.6) is 5.75 Å². The minimum Gasteiger partial charge on any atom is -0.496 e. The molecule has 258 valence electrons. The van der Waals surface area contributed by atoms with E-state index in [1.165, 1.54) is 27.6 Å². The maximum atomic E-state index is 5.69. The predicted octanol–water partition coefficient (Wildman–Crippen LogP) is 8.81. The van der Waals surface area contributed by atoms with Gasteiger partial charge in [-0.15, -0.1) is 10.2 Å². The zero-order valence-electron chi connectivity index (χ0n) is 29.4. The normalized spacial score (nSPS) is 11.6. The van der Waals surface area contributed by atoms with E-state index in [1.807, 2.05) is 24.5 Å². The number of nitrogens with one attached hydrogen (secondary N) is 1. The molecular formula is C45H42N6O. The lowest BCUT2D eigenvalue weighted by atomic mass is 9.77. The topological polar surface area (TPSA) is 73.6 Å². The minimum absolute atomic E-state index is 0.583. The van der Waals surface area contributed by atoms with E-state index in [-0.39, 0.29) is 0 Å². The van der Waals surface area contributed by atoms with Crippen molar-refractivity contribution in [3.8, 4) is 5.75 Å². The fourth-order valence-electron chi connectivity index (χ4n) is 7.63. The average molecular weight is 683 g/mol. The first-order chi connectivity index (χ1) is 25.7. The lowest BCUT2D eigenvalue weighted by molar-refractivity contribution is 0.410. The van der Waals surface area contributed by atoms with Crippen LogP contribution in [0.4, 0.5) is 0 Å². The molecule has 0 atom stereocenters. The van der Waals surface area contributed by atoms with Gasteiger partial charge in [-0.2, -0.15) is 0 Å². The second kappa shape index (κ2) is 15.0. The Balaban J connectivity index is 1.08. The summed E-state index contributed by atoms with van der Waals surface area (Å²) < 4.78 is 10.3. The van der Waals surface area contributed by atoms with E-state index in [2.05, 4.69) is 148 Å². The van der Waals surface area contributed by atoms with Crippen molar-refractivity contribution in [2.45, 2.75) is 44.2 Å². The van der Waals surface area contributed by atoms with E-state index in [9.17, 15) is 0 Å². The van der Waals surface area contributed by atoms with Crippen LogP contribution in [0.15, 0.2) is 158 Å². The van der Waals surface area contributed by atoms with Gasteiger partial charge in [0, 0.05) is 48.2 Å². The fraction of sp³-hybridized carbons (Fsp3) is 0.178. The number of fused-ring (bicyclic) bond motifs is 1. The molecule has 0 unspecified atom stereocenters. The van der Waals surface area contributed by atoms with Crippen LogP contribution >= 0.6 is 0 Å². The van der Waals surface area contributed by atoms with Crippen LogP contribution in [0, 0.1) is 0 Å². The number of hydrogen-bond donors (Lipinski definition) is 1. The van der Waals surface area contributed by atoms with E-state index in [4.69, 9.17) is 19.9 Å². The highest BCUT2D eigenvalue weighted by atomic mass is 16.5. The van der Waals surface area contributed by atoms with Crippen molar-refractivity contribution in [2.75, 3.05) is 7.11 Å². The van der Waals surface area contributed by atoms with Crippen molar-refractivity contribution in [3.05, 3.63) is 203 Å². The van der Waals surface area contributed by atoms with Gasteiger partial charge in [-0.25, -0.2) is 4.98 Å². The molecule has 0 bridgehead atoms. The molecule has 0 amide bonds. The smallest absolute Gasteiger partial charge is 0.137 e. The Bertz CT molecular complexity index is 2260. The number of rotatable bonds is 14. The molecule has 0 radical (unpaired) electrons. The Morgan fingerprint density at radius 3 is 1.94 bits per heavy atom. The first-order valence-electron chi connectivity index (χ1n) is 18.0. The van der Waals surface area contributed by atoms with Crippen LogP contribution in [0.25, 0.3) is 10.9 Å². The van der Waals surface area contributed by atoms with E-state index in [1.54, 1.807) is 7.11 Å². The molecule has 3 aromatic heterocycles. The van der Waals surface area contributed by atoms with E-state index >= 15 is 0 Å². The van der Waals surface area contributed by atoms with Gasteiger partial charge >= 0.3 is 0 Å².